The van der Waals surface area contributed by atoms with Crippen LogP contribution in [-0.2, 0) is 0 Å². The van der Waals surface area contributed by atoms with Crippen molar-refractivity contribution in [3.05, 3.63) is 54.9 Å². The number of rotatable bonds is 7. The zero-order valence-electron chi connectivity index (χ0n) is 15.6. The molecular formula is C20H23N5O2. The topological polar surface area (TPSA) is 85.5 Å². The Morgan fingerprint density at radius 3 is 2.48 bits per heavy atom. The van der Waals surface area contributed by atoms with Gasteiger partial charge in [0.15, 0.2) is 11.6 Å². The number of nitrogens with two attached hydrogens (primary N) is 1. The fourth-order valence-electron chi connectivity index (χ4n) is 2.80. The van der Waals surface area contributed by atoms with Crippen LogP contribution in [0.15, 0.2) is 54.9 Å². The molecule has 0 atom stereocenters. The summed E-state index contributed by atoms with van der Waals surface area (Å²) in [6.07, 6.45) is 1.49. The Bertz CT molecular complexity index is 902. The average molecular weight is 365 g/mol. The molecule has 27 heavy (non-hydrogen) atoms. The van der Waals surface area contributed by atoms with Gasteiger partial charge in [-0.1, -0.05) is 18.2 Å². The van der Waals surface area contributed by atoms with E-state index in [9.17, 15) is 0 Å². The van der Waals surface area contributed by atoms with Crippen LogP contribution in [0.3, 0.4) is 0 Å². The molecule has 3 N–H and O–H groups in total. The van der Waals surface area contributed by atoms with Crippen LogP contribution >= 0.6 is 0 Å². The van der Waals surface area contributed by atoms with E-state index in [0.717, 1.165) is 5.69 Å². The van der Waals surface area contributed by atoms with Gasteiger partial charge in [0.25, 0.3) is 0 Å². The molecule has 0 bridgehead atoms. The van der Waals surface area contributed by atoms with E-state index in [1.165, 1.54) is 6.33 Å². The van der Waals surface area contributed by atoms with Crippen molar-refractivity contribution in [3.63, 3.8) is 0 Å². The molecule has 0 radical (unpaired) electrons. The van der Waals surface area contributed by atoms with E-state index >= 15 is 0 Å². The quantitative estimate of drug-likeness (QED) is 0.655. The lowest BCUT2D eigenvalue weighted by atomic mass is 10.2. The Hall–Kier alpha value is -3.48. The summed E-state index contributed by atoms with van der Waals surface area (Å²) in [5.74, 6) is 2.50. The van der Waals surface area contributed by atoms with E-state index < -0.39 is 0 Å². The van der Waals surface area contributed by atoms with E-state index in [1.54, 1.807) is 14.2 Å². The standard InChI is InChI=1S/C20H23N5O2/c1-4-25(14-8-6-5-7-9-14)20-18(21)19(22-13-23-20)24-16-12-15(26-2)10-11-17(16)27-3/h5-13H,4,21H2,1-3H3,(H,22,23,24). The molecule has 0 unspecified atom stereocenters. The predicted octanol–water partition coefficient (Wildman–Crippen LogP) is 3.98. The SMILES string of the molecule is CCN(c1ccccc1)c1ncnc(Nc2cc(OC)ccc2OC)c1N. The second-order valence-corrected chi connectivity index (χ2v) is 5.73. The van der Waals surface area contributed by atoms with Gasteiger partial charge in [-0.25, -0.2) is 9.97 Å². The molecule has 0 saturated carbocycles. The molecule has 0 amide bonds. The molecule has 0 aliphatic heterocycles. The van der Waals surface area contributed by atoms with Gasteiger partial charge in [-0.2, -0.15) is 0 Å². The number of nitrogens with zero attached hydrogens (tertiary/aromatic N) is 3. The molecule has 7 nitrogen and oxygen atoms in total. The van der Waals surface area contributed by atoms with Crippen molar-refractivity contribution >= 4 is 28.7 Å². The number of benzene rings is 2. The minimum absolute atomic E-state index is 0.452. The molecule has 3 aromatic rings. The van der Waals surface area contributed by atoms with Gasteiger partial charge in [0, 0.05) is 18.3 Å². The van der Waals surface area contributed by atoms with Crippen molar-refractivity contribution in [2.75, 3.05) is 36.7 Å². The molecule has 0 aliphatic carbocycles. The van der Waals surface area contributed by atoms with E-state index in [2.05, 4.69) is 15.3 Å². The molecule has 0 spiro atoms. The molecule has 140 valence electrons. The van der Waals surface area contributed by atoms with Crippen LogP contribution in [0.1, 0.15) is 6.92 Å². The highest BCUT2D eigenvalue weighted by atomic mass is 16.5. The van der Waals surface area contributed by atoms with Crippen molar-refractivity contribution in [2.24, 2.45) is 0 Å². The van der Waals surface area contributed by atoms with Gasteiger partial charge in [-0.05, 0) is 31.2 Å². The Morgan fingerprint density at radius 1 is 1.04 bits per heavy atom. The Balaban J connectivity index is 1.98. The maximum absolute atomic E-state index is 6.41. The third kappa shape index (κ3) is 3.87. The third-order valence-corrected chi connectivity index (χ3v) is 4.16. The molecule has 2 aromatic carbocycles. The average Bonchev–Trinajstić information content (AvgIpc) is 2.72. The summed E-state index contributed by atoms with van der Waals surface area (Å²) in [7, 11) is 3.22. The molecule has 0 aliphatic rings. The molecule has 1 heterocycles. The first kappa shape index (κ1) is 18.3. The normalized spacial score (nSPS) is 10.3. The predicted molar refractivity (Wildman–Crippen MR) is 108 cm³/mol. The summed E-state index contributed by atoms with van der Waals surface area (Å²) in [6.45, 7) is 2.76. The molecule has 3 rings (SSSR count). The van der Waals surface area contributed by atoms with Crippen LogP contribution in [0.4, 0.5) is 28.7 Å². The van der Waals surface area contributed by atoms with Gasteiger partial charge in [-0.3, -0.25) is 0 Å². The molecule has 0 saturated heterocycles. The second kappa shape index (κ2) is 8.27. The van der Waals surface area contributed by atoms with Gasteiger partial charge in [0.05, 0.1) is 19.9 Å². The highest BCUT2D eigenvalue weighted by molar-refractivity contribution is 5.82. The first-order chi connectivity index (χ1) is 13.2. The lowest BCUT2D eigenvalue weighted by molar-refractivity contribution is 0.405. The van der Waals surface area contributed by atoms with Crippen LogP contribution in [0.2, 0.25) is 0 Å². The highest BCUT2D eigenvalue weighted by Crippen LogP contribution is 2.36. The molecule has 0 fully saturated rings. The number of methoxy groups -OCH3 is 2. The van der Waals surface area contributed by atoms with Crippen molar-refractivity contribution in [1.29, 1.82) is 0 Å². The third-order valence-electron chi connectivity index (χ3n) is 4.16. The van der Waals surface area contributed by atoms with E-state index in [1.807, 2.05) is 60.4 Å². The number of hydrogen-bond donors (Lipinski definition) is 2. The number of anilines is 5. The summed E-state index contributed by atoms with van der Waals surface area (Å²) in [6, 6.07) is 15.4. The van der Waals surface area contributed by atoms with Crippen molar-refractivity contribution in [1.82, 2.24) is 9.97 Å². The number of nitrogens with one attached hydrogen (secondary N) is 1. The van der Waals surface area contributed by atoms with Gasteiger partial charge in [-0.15, -0.1) is 0 Å². The molecule has 1 aromatic heterocycles. The van der Waals surface area contributed by atoms with E-state index in [-0.39, 0.29) is 0 Å². The zero-order valence-corrected chi connectivity index (χ0v) is 15.6. The van der Waals surface area contributed by atoms with Gasteiger partial charge in [0.2, 0.25) is 0 Å². The number of ether oxygens (including phenoxy) is 2. The first-order valence-corrected chi connectivity index (χ1v) is 8.60. The number of hydrogen-bond acceptors (Lipinski definition) is 7. The second-order valence-electron chi connectivity index (χ2n) is 5.73. The van der Waals surface area contributed by atoms with Gasteiger partial charge < -0.3 is 25.4 Å². The van der Waals surface area contributed by atoms with Crippen molar-refractivity contribution in [2.45, 2.75) is 6.92 Å². The highest BCUT2D eigenvalue weighted by Gasteiger charge is 2.17. The largest absolute Gasteiger partial charge is 0.497 e. The number of aromatic nitrogens is 2. The van der Waals surface area contributed by atoms with E-state index in [0.29, 0.717) is 41.1 Å². The zero-order chi connectivity index (χ0) is 19.2. The lowest BCUT2D eigenvalue weighted by Crippen LogP contribution is -2.19. The van der Waals surface area contributed by atoms with Crippen molar-refractivity contribution in [3.8, 4) is 11.5 Å². The maximum atomic E-state index is 6.41. The van der Waals surface area contributed by atoms with Gasteiger partial charge >= 0.3 is 0 Å². The summed E-state index contributed by atoms with van der Waals surface area (Å²) >= 11 is 0. The van der Waals surface area contributed by atoms with Crippen LogP contribution in [0, 0.1) is 0 Å². The number of para-hydroxylation sites is 1. The summed E-state index contributed by atoms with van der Waals surface area (Å²) in [4.78, 5) is 10.7. The summed E-state index contributed by atoms with van der Waals surface area (Å²) in [5, 5.41) is 3.23. The van der Waals surface area contributed by atoms with Crippen LogP contribution in [0.5, 0.6) is 11.5 Å². The van der Waals surface area contributed by atoms with Gasteiger partial charge in [0.1, 0.15) is 23.5 Å². The fourth-order valence-corrected chi connectivity index (χ4v) is 2.80. The Kier molecular flexibility index (Phi) is 5.61. The summed E-state index contributed by atoms with van der Waals surface area (Å²) in [5.41, 5.74) is 8.57. The minimum Gasteiger partial charge on any atom is -0.497 e. The molecular weight excluding hydrogens is 342 g/mol. The van der Waals surface area contributed by atoms with E-state index in [4.69, 9.17) is 15.2 Å². The smallest absolute Gasteiger partial charge is 0.161 e. The van der Waals surface area contributed by atoms with Crippen LogP contribution in [0.25, 0.3) is 0 Å². The lowest BCUT2D eigenvalue weighted by Gasteiger charge is -2.24. The first-order valence-electron chi connectivity index (χ1n) is 8.60. The number of nitrogen functional groups attached to an aromatic ring is 1. The van der Waals surface area contributed by atoms with Crippen molar-refractivity contribution < 1.29 is 9.47 Å². The molecule has 7 heteroatoms. The minimum atomic E-state index is 0.452. The monoisotopic (exact) mass is 365 g/mol. The van der Waals surface area contributed by atoms with Crippen LogP contribution in [-0.4, -0.2) is 30.7 Å². The maximum Gasteiger partial charge on any atom is 0.161 e. The Labute approximate surface area is 158 Å². The Morgan fingerprint density at radius 2 is 1.81 bits per heavy atom. The fraction of sp³-hybridized carbons (Fsp3) is 0.200. The summed E-state index contributed by atoms with van der Waals surface area (Å²) < 4.78 is 10.7. The van der Waals surface area contributed by atoms with Crippen LogP contribution < -0.4 is 25.4 Å².